The van der Waals surface area contributed by atoms with Gasteiger partial charge in [-0.05, 0) is 32.9 Å². The predicted octanol–water partition coefficient (Wildman–Crippen LogP) is 4.13. The van der Waals surface area contributed by atoms with Crippen molar-refractivity contribution >= 4 is 16.8 Å². The minimum absolute atomic E-state index is 0.000826. The highest BCUT2D eigenvalue weighted by Crippen LogP contribution is 2.39. The summed E-state index contributed by atoms with van der Waals surface area (Å²) in [5.74, 6) is 1.63. The second-order valence-corrected chi connectivity index (χ2v) is 4.47. The van der Waals surface area contributed by atoms with Gasteiger partial charge in [0.1, 0.15) is 0 Å². The number of fused-ring (bicyclic) bond motifs is 1. The summed E-state index contributed by atoms with van der Waals surface area (Å²) in [4.78, 5) is 11.9. The van der Waals surface area contributed by atoms with Crippen LogP contribution in [0.1, 0.15) is 43.3 Å². The average Bonchev–Trinajstić information content (AvgIpc) is 2.78. The van der Waals surface area contributed by atoms with Crippen molar-refractivity contribution in [3.63, 3.8) is 0 Å². The Hall–Kier alpha value is -1.97. The van der Waals surface area contributed by atoms with Crippen molar-refractivity contribution in [2.24, 2.45) is 0 Å². The Morgan fingerprint density at radius 3 is 2.45 bits per heavy atom. The van der Waals surface area contributed by atoms with E-state index in [0.29, 0.717) is 42.5 Å². The van der Waals surface area contributed by atoms with Gasteiger partial charge in [-0.15, -0.1) is 0 Å². The molecular formula is C16H20O4. The zero-order valence-electron chi connectivity index (χ0n) is 12.4. The molecule has 0 spiro atoms. The Morgan fingerprint density at radius 2 is 1.85 bits per heavy atom. The molecule has 2 aromatic rings. The van der Waals surface area contributed by atoms with Gasteiger partial charge in [0.2, 0.25) is 5.75 Å². The van der Waals surface area contributed by atoms with Crippen LogP contribution in [0.3, 0.4) is 0 Å². The SMILES string of the molecule is CCOc1ccc2c(C)c(C(=O)CC)oc2c1OCC. The van der Waals surface area contributed by atoms with Gasteiger partial charge in [-0.25, -0.2) is 0 Å². The molecule has 1 aromatic carbocycles. The molecule has 4 heteroatoms. The van der Waals surface area contributed by atoms with Crippen LogP contribution in [0.15, 0.2) is 16.5 Å². The van der Waals surface area contributed by atoms with Gasteiger partial charge in [0.15, 0.2) is 22.9 Å². The Labute approximate surface area is 118 Å². The monoisotopic (exact) mass is 276 g/mol. The van der Waals surface area contributed by atoms with E-state index in [-0.39, 0.29) is 5.78 Å². The zero-order chi connectivity index (χ0) is 14.7. The van der Waals surface area contributed by atoms with Crippen LogP contribution in [-0.2, 0) is 0 Å². The van der Waals surface area contributed by atoms with Crippen molar-refractivity contribution in [2.75, 3.05) is 13.2 Å². The molecule has 2 rings (SSSR count). The number of hydrogen-bond acceptors (Lipinski definition) is 4. The van der Waals surface area contributed by atoms with Crippen LogP contribution in [0, 0.1) is 6.92 Å². The minimum atomic E-state index is -0.000826. The van der Waals surface area contributed by atoms with E-state index in [2.05, 4.69) is 0 Å². The lowest BCUT2D eigenvalue weighted by atomic mass is 10.1. The molecule has 0 atom stereocenters. The fraction of sp³-hybridized carbons (Fsp3) is 0.438. The van der Waals surface area contributed by atoms with Crippen molar-refractivity contribution in [1.29, 1.82) is 0 Å². The number of furan rings is 1. The van der Waals surface area contributed by atoms with E-state index in [9.17, 15) is 4.79 Å². The molecule has 0 amide bonds. The molecule has 0 aliphatic carbocycles. The molecule has 0 N–H and O–H groups in total. The third-order valence-electron chi connectivity index (χ3n) is 3.19. The van der Waals surface area contributed by atoms with Crippen LogP contribution in [0.5, 0.6) is 11.5 Å². The molecule has 0 saturated carbocycles. The van der Waals surface area contributed by atoms with Crippen molar-refractivity contribution < 1.29 is 18.7 Å². The molecule has 108 valence electrons. The molecule has 0 aliphatic rings. The third kappa shape index (κ3) is 2.38. The summed E-state index contributed by atoms with van der Waals surface area (Å²) >= 11 is 0. The van der Waals surface area contributed by atoms with Crippen LogP contribution >= 0.6 is 0 Å². The number of aryl methyl sites for hydroxylation is 1. The first-order valence-electron chi connectivity index (χ1n) is 6.98. The molecule has 0 saturated heterocycles. The van der Waals surface area contributed by atoms with Gasteiger partial charge < -0.3 is 13.9 Å². The molecule has 1 heterocycles. The number of ketones is 1. The number of carbonyl (C=O) groups is 1. The van der Waals surface area contributed by atoms with Gasteiger partial charge in [-0.3, -0.25) is 4.79 Å². The summed E-state index contributed by atoms with van der Waals surface area (Å²) in [6.07, 6.45) is 0.420. The lowest BCUT2D eigenvalue weighted by Crippen LogP contribution is -1.98. The molecule has 20 heavy (non-hydrogen) atoms. The van der Waals surface area contributed by atoms with E-state index < -0.39 is 0 Å². The maximum absolute atomic E-state index is 11.9. The van der Waals surface area contributed by atoms with Crippen molar-refractivity contribution in [3.05, 3.63) is 23.5 Å². The quantitative estimate of drug-likeness (QED) is 0.744. The molecule has 0 radical (unpaired) electrons. The normalized spacial score (nSPS) is 10.8. The van der Waals surface area contributed by atoms with Crippen molar-refractivity contribution in [1.82, 2.24) is 0 Å². The molecule has 0 unspecified atom stereocenters. The first kappa shape index (κ1) is 14.4. The summed E-state index contributed by atoms with van der Waals surface area (Å²) in [5, 5.41) is 0.897. The first-order chi connectivity index (χ1) is 9.63. The number of Topliss-reactive ketones (excluding diaryl/α,β-unsaturated/α-hetero) is 1. The summed E-state index contributed by atoms with van der Waals surface area (Å²) in [5.41, 5.74) is 1.45. The summed E-state index contributed by atoms with van der Waals surface area (Å²) in [6.45, 7) is 8.60. The lowest BCUT2D eigenvalue weighted by molar-refractivity contribution is 0.0962. The Kier molecular flexibility index (Phi) is 4.32. The fourth-order valence-electron chi connectivity index (χ4n) is 2.22. The predicted molar refractivity (Wildman–Crippen MR) is 77.9 cm³/mol. The second kappa shape index (κ2) is 5.99. The van der Waals surface area contributed by atoms with Gasteiger partial charge in [0.05, 0.1) is 13.2 Å². The van der Waals surface area contributed by atoms with Gasteiger partial charge in [-0.2, -0.15) is 0 Å². The van der Waals surface area contributed by atoms with Crippen LogP contribution in [-0.4, -0.2) is 19.0 Å². The molecule has 0 aliphatic heterocycles. The van der Waals surface area contributed by atoms with Crippen LogP contribution in [0.2, 0.25) is 0 Å². The number of ether oxygens (including phenoxy) is 2. The zero-order valence-corrected chi connectivity index (χ0v) is 12.4. The molecular weight excluding hydrogens is 256 g/mol. The van der Waals surface area contributed by atoms with Gasteiger partial charge in [0, 0.05) is 17.4 Å². The van der Waals surface area contributed by atoms with Crippen molar-refractivity contribution in [3.8, 4) is 11.5 Å². The highest BCUT2D eigenvalue weighted by atomic mass is 16.5. The first-order valence-corrected chi connectivity index (χ1v) is 6.98. The largest absolute Gasteiger partial charge is 0.490 e. The average molecular weight is 276 g/mol. The summed E-state index contributed by atoms with van der Waals surface area (Å²) in [7, 11) is 0. The maximum Gasteiger partial charge on any atom is 0.204 e. The standard InChI is InChI=1S/C16H20O4/c1-5-12(17)14-10(4)11-8-9-13(18-6-2)16(19-7-3)15(11)20-14/h8-9H,5-7H2,1-4H3. The van der Waals surface area contributed by atoms with Crippen LogP contribution in [0.25, 0.3) is 11.0 Å². The molecule has 1 aromatic heterocycles. The molecule has 0 bridgehead atoms. The van der Waals surface area contributed by atoms with E-state index in [1.807, 2.05) is 39.8 Å². The summed E-state index contributed by atoms with van der Waals surface area (Å²) in [6, 6.07) is 3.77. The maximum atomic E-state index is 11.9. The fourth-order valence-corrected chi connectivity index (χ4v) is 2.22. The number of rotatable bonds is 6. The lowest BCUT2D eigenvalue weighted by Gasteiger charge is -2.10. The smallest absolute Gasteiger partial charge is 0.204 e. The van der Waals surface area contributed by atoms with E-state index >= 15 is 0 Å². The van der Waals surface area contributed by atoms with E-state index in [1.54, 1.807) is 0 Å². The molecule has 0 fully saturated rings. The van der Waals surface area contributed by atoms with Gasteiger partial charge in [-0.1, -0.05) is 6.92 Å². The number of carbonyl (C=O) groups excluding carboxylic acids is 1. The van der Waals surface area contributed by atoms with E-state index in [0.717, 1.165) is 10.9 Å². The Bertz CT molecular complexity index is 625. The molecule has 4 nitrogen and oxygen atoms in total. The highest BCUT2D eigenvalue weighted by molar-refractivity contribution is 6.01. The highest BCUT2D eigenvalue weighted by Gasteiger charge is 2.21. The number of hydrogen-bond donors (Lipinski definition) is 0. The Morgan fingerprint density at radius 1 is 1.15 bits per heavy atom. The van der Waals surface area contributed by atoms with E-state index in [4.69, 9.17) is 13.9 Å². The van der Waals surface area contributed by atoms with Crippen LogP contribution in [0.4, 0.5) is 0 Å². The second-order valence-electron chi connectivity index (χ2n) is 4.47. The van der Waals surface area contributed by atoms with Crippen molar-refractivity contribution in [2.45, 2.75) is 34.1 Å². The summed E-state index contributed by atoms with van der Waals surface area (Å²) < 4.78 is 17.0. The topological polar surface area (TPSA) is 48.7 Å². The van der Waals surface area contributed by atoms with Crippen LogP contribution < -0.4 is 9.47 Å². The third-order valence-corrected chi connectivity index (χ3v) is 3.19. The number of benzene rings is 1. The minimum Gasteiger partial charge on any atom is -0.490 e. The van der Waals surface area contributed by atoms with Gasteiger partial charge >= 0.3 is 0 Å². The van der Waals surface area contributed by atoms with Gasteiger partial charge in [0.25, 0.3) is 0 Å². The van der Waals surface area contributed by atoms with E-state index in [1.165, 1.54) is 0 Å². The Balaban J connectivity index is 2.66.